The molecule has 2 aliphatic heterocycles. The fraction of sp³-hybridized carbons (Fsp3) is 0.524. The van der Waals surface area contributed by atoms with Crippen LogP contribution in [0.4, 0.5) is 10.1 Å². The SMILES string of the molecule is C[C@@H]1CN(c2ccc(C#N)c3ncccc23)C[C@H](CN2CCC(F)CC2)O1. The number of hydrogen-bond donors (Lipinski definition) is 0. The van der Waals surface area contributed by atoms with E-state index in [0.29, 0.717) is 18.4 Å². The summed E-state index contributed by atoms with van der Waals surface area (Å²) in [6.45, 7) is 6.13. The van der Waals surface area contributed by atoms with Crippen LogP contribution in [0, 0.1) is 11.3 Å². The molecule has 4 rings (SSSR count). The Bertz CT molecular complexity index is 844. The van der Waals surface area contributed by atoms with Crippen LogP contribution in [0.25, 0.3) is 10.9 Å². The maximum Gasteiger partial charge on any atom is 0.103 e. The number of morpholine rings is 1. The van der Waals surface area contributed by atoms with Crippen molar-refractivity contribution >= 4 is 16.6 Å². The molecule has 0 saturated carbocycles. The third-order valence-electron chi connectivity index (χ3n) is 5.51. The van der Waals surface area contributed by atoms with Crippen LogP contribution < -0.4 is 4.90 Å². The fourth-order valence-electron chi connectivity index (χ4n) is 4.24. The van der Waals surface area contributed by atoms with Gasteiger partial charge in [-0.2, -0.15) is 5.26 Å². The molecule has 27 heavy (non-hydrogen) atoms. The molecule has 0 bridgehead atoms. The van der Waals surface area contributed by atoms with Gasteiger partial charge in [-0.25, -0.2) is 4.39 Å². The lowest BCUT2D eigenvalue weighted by atomic mass is 10.1. The van der Waals surface area contributed by atoms with Crippen molar-refractivity contribution in [2.75, 3.05) is 37.6 Å². The average Bonchev–Trinajstić information content (AvgIpc) is 2.68. The van der Waals surface area contributed by atoms with Gasteiger partial charge in [-0.05, 0) is 44.0 Å². The number of ether oxygens (including phenoxy) is 1. The topological polar surface area (TPSA) is 52.4 Å². The van der Waals surface area contributed by atoms with Crippen molar-refractivity contribution in [3.05, 3.63) is 36.0 Å². The molecule has 2 atom stereocenters. The summed E-state index contributed by atoms with van der Waals surface area (Å²) in [7, 11) is 0. The number of hydrogen-bond acceptors (Lipinski definition) is 5. The van der Waals surface area contributed by atoms with Gasteiger partial charge in [0, 0.05) is 50.0 Å². The minimum atomic E-state index is -0.651. The van der Waals surface area contributed by atoms with Crippen molar-refractivity contribution in [1.82, 2.24) is 9.88 Å². The number of benzene rings is 1. The molecule has 2 aliphatic rings. The second-order valence-corrected chi connectivity index (χ2v) is 7.59. The van der Waals surface area contributed by atoms with E-state index in [1.165, 1.54) is 0 Å². The highest BCUT2D eigenvalue weighted by molar-refractivity contribution is 5.95. The first-order valence-electron chi connectivity index (χ1n) is 9.68. The fourth-order valence-corrected chi connectivity index (χ4v) is 4.24. The first-order valence-corrected chi connectivity index (χ1v) is 9.68. The number of nitriles is 1. The molecule has 0 unspecified atom stereocenters. The van der Waals surface area contributed by atoms with E-state index in [2.05, 4.69) is 27.8 Å². The Morgan fingerprint density at radius 2 is 2.07 bits per heavy atom. The third kappa shape index (κ3) is 3.90. The predicted octanol–water partition coefficient (Wildman–Crippen LogP) is 3.13. The van der Waals surface area contributed by atoms with Crippen LogP contribution in [0.5, 0.6) is 0 Å². The van der Waals surface area contributed by atoms with Crippen molar-refractivity contribution in [1.29, 1.82) is 5.26 Å². The number of aromatic nitrogens is 1. The van der Waals surface area contributed by atoms with E-state index in [4.69, 9.17) is 4.74 Å². The van der Waals surface area contributed by atoms with Crippen molar-refractivity contribution < 1.29 is 9.13 Å². The number of halogens is 1. The standard InChI is InChI=1S/C21H25FN4O/c1-15-12-26(14-18(27-15)13-25-9-6-17(22)7-10-25)20-5-4-16(11-23)21-19(20)3-2-8-24-21/h2-5,8,15,17-18H,6-7,9-10,12-14H2,1H3/t15-,18+/m1/s1. The van der Waals surface area contributed by atoms with Crippen molar-refractivity contribution in [2.45, 2.75) is 38.1 Å². The van der Waals surface area contributed by atoms with E-state index >= 15 is 0 Å². The lowest BCUT2D eigenvalue weighted by molar-refractivity contribution is -0.0368. The van der Waals surface area contributed by atoms with E-state index in [1.54, 1.807) is 6.20 Å². The zero-order valence-electron chi connectivity index (χ0n) is 15.6. The Balaban J connectivity index is 1.55. The van der Waals surface area contributed by atoms with Crippen molar-refractivity contribution in [3.63, 3.8) is 0 Å². The summed E-state index contributed by atoms with van der Waals surface area (Å²) < 4.78 is 19.6. The molecular formula is C21H25FN4O. The van der Waals surface area contributed by atoms with E-state index < -0.39 is 6.17 Å². The monoisotopic (exact) mass is 368 g/mol. The second kappa shape index (κ2) is 7.79. The van der Waals surface area contributed by atoms with Gasteiger partial charge < -0.3 is 14.5 Å². The van der Waals surface area contributed by atoms with Gasteiger partial charge in [0.2, 0.25) is 0 Å². The first-order chi connectivity index (χ1) is 13.1. The maximum atomic E-state index is 13.4. The van der Waals surface area contributed by atoms with Crippen LogP contribution in [0.2, 0.25) is 0 Å². The Morgan fingerprint density at radius 3 is 2.85 bits per heavy atom. The Labute approximate surface area is 159 Å². The average molecular weight is 368 g/mol. The van der Waals surface area contributed by atoms with E-state index in [0.717, 1.165) is 49.3 Å². The van der Waals surface area contributed by atoms with Gasteiger partial charge in [-0.15, -0.1) is 0 Å². The van der Waals surface area contributed by atoms with Gasteiger partial charge in [0.25, 0.3) is 0 Å². The molecule has 5 nitrogen and oxygen atoms in total. The third-order valence-corrected chi connectivity index (χ3v) is 5.51. The van der Waals surface area contributed by atoms with Crippen molar-refractivity contribution in [3.8, 4) is 6.07 Å². The highest BCUT2D eigenvalue weighted by Gasteiger charge is 2.29. The second-order valence-electron chi connectivity index (χ2n) is 7.59. The number of pyridine rings is 1. The minimum absolute atomic E-state index is 0.0901. The molecule has 1 aromatic carbocycles. The molecule has 0 N–H and O–H groups in total. The number of alkyl halides is 1. The summed E-state index contributed by atoms with van der Waals surface area (Å²) in [5.41, 5.74) is 2.44. The summed E-state index contributed by atoms with van der Waals surface area (Å²) in [6.07, 6.45) is 2.53. The van der Waals surface area contributed by atoms with E-state index in [1.807, 2.05) is 24.3 Å². The number of nitrogens with zero attached hydrogens (tertiary/aromatic N) is 4. The molecule has 6 heteroatoms. The molecule has 3 heterocycles. The van der Waals surface area contributed by atoms with E-state index in [-0.39, 0.29) is 12.2 Å². The van der Waals surface area contributed by atoms with Gasteiger partial charge in [0.1, 0.15) is 12.2 Å². The van der Waals surface area contributed by atoms with Crippen LogP contribution >= 0.6 is 0 Å². The van der Waals surface area contributed by atoms with Gasteiger partial charge in [-0.3, -0.25) is 4.98 Å². The molecule has 1 aromatic heterocycles. The zero-order valence-corrected chi connectivity index (χ0v) is 15.6. The van der Waals surface area contributed by atoms with Gasteiger partial charge in [-0.1, -0.05) is 0 Å². The smallest absolute Gasteiger partial charge is 0.103 e. The quantitative estimate of drug-likeness (QED) is 0.833. The number of anilines is 1. The highest BCUT2D eigenvalue weighted by atomic mass is 19.1. The minimum Gasteiger partial charge on any atom is -0.370 e. The van der Waals surface area contributed by atoms with Crippen molar-refractivity contribution in [2.24, 2.45) is 0 Å². The van der Waals surface area contributed by atoms with Gasteiger partial charge in [0.05, 0.1) is 23.3 Å². The Kier molecular flexibility index (Phi) is 5.24. The van der Waals surface area contributed by atoms with Gasteiger partial charge in [0.15, 0.2) is 0 Å². The highest BCUT2D eigenvalue weighted by Crippen LogP contribution is 2.30. The molecule has 2 aromatic rings. The van der Waals surface area contributed by atoms with Crippen LogP contribution in [0.1, 0.15) is 25.3 Å². The normalized spacial score (nSPS) is 24.9. The molecule has 0 spiro atoms. The summed E-state index contributed by atoms with van der Waals surface area (Å²) >= 11 is 0. The van der Waals surface area contributed by atoms with E-state index in [9.17, 15) is 9.65 Å². The lowest BCUT2D eigenvalue weighted by Crippen LogP contribution is -2.52. The van der Waals surface area contributed by atoms with Crippen LogP contribution in [-0.2, 0) is 4.74 Å². The lowest BCUT2D eigenvalue weighted by Gasteiger charge is -2.41. The molecule has 0 amide bonds. The first kappa shape index (κ1) is 18.1. The Morgan fingerprint density at radius 1 is 1.26 bits per heavy atom. The van der Waals surface area contributed by atoms with Gasteiger partial charge >= 0.3 is 0 Å². The molecule has 142 valence electrons. The maximum absolute atomic E-state index is 13.4. The molecule has 2 fully saturated rings. The molecule has 2 saturated heterocycles. The zero-order chi connectivity index (χ0) is 18.8. The Hall–Kier alpha value is -2.23. The summed E-state index contributed by atoms with van der Waals surface area (Å²) in [5.74, 6) is 0. The van der Waals surface area contributed by atoms with Crippen LogP contribution in [-0.4, -0.2) is 61.0 Å². The number of rotatable bonds is 3. The number of likely N-dealkylation sites (tertiary alicyclic amines) is 1. The molecule has 0 aliphatic carbocycles. The summed E-state index contributed by atoms with van der Waals surface area (Å²) in [5, 5.41) is 10.4. The largest absolute Gasteiger partial charge is 0.370 e. The number of piperidine rings is 1. The summed E-state index contributed by atoms with van der Waals surface area (Å²) in [6, 6.07) is 10.0. The number of fused-ring (bicyclic) bond motifs is 1. The molecule has 0 radical (unpaired) electrons. The molecular weight excluding hydrogens is 343 g/mol. The predicted molar refractivity (Wildman–Crippen MR) is 104 cm³/mol. The van der Waals surface area contributed by atoms with Crippen LogP contribution in [0.3, 0.4) is 0 Å². The summed E-state index contributed by atoms with van der Waals surface area (Å²) in [4.78, 5) is 9.08. The van der Waals surface area contributed by atoms with Crippen LogP contribution in [0.15, 0.2) is 30.5 Å².